The minimum Gasteiger partial charge on any atom is -0.310 e. The standard InChI is InChI=1S/C12H16BrN/c1-9(11-5-6-11)14-8-10-3-2-4-12(13)7-10/h2-4,7,9,11,14H,5-6,8H2,1H3. The van der Waals surface area contributed by atoms with Crippen LogP contribution in [0.2, 0.25) is 0 Å². The van der Waals surface area contributed by atoms with E-state index < -0.39 is 0 Å². The average molecular weight is 254 g/mol. The summed E-state index contributed by atoms with van der Waals surface area (Å²) >= 11 is 3.48. The van der Waals surface area contributed by atoms with E-state index in [2.05, 4.69) is 52.4 Å². The van der Waals surface area contributed by atoms with Gasteiger partial charge in [-0.2, -0.15) is 0 Å². The minimum absolute atomic E-state index is 0.675. The van der Waals surface area contributed by atoms with Gasteiger partial charge in [-0.15, -0.1) is 0 Å². The summed E-state index contributed by atoms with van der Waals surface area (Å²) in [6.07, 6.45) is 2.82. The normalized spacial score (nSPS) is 18.1. The maximum Gasteiger partial charge on any atom is 0.0208 e. The lowest BCUT2D eigenvalue weighted by atomic mass is 10.2. The summed E-state index contributed by atoms with van der Waals surface area (Å²) in [6, 6.07) is 9.16. The van der Waals surface area contributed by atoms with Crippen molar-refractivity contribution in [3.8, 4) is 0 Å². The van der Waals surface area contributed by atoms with Crippen molar-refractivity contribution < 1.29 is 0 Å². The van der Waals surface area contributed by atoms with Crippen LogP contribution in [-0.2, 0) is 6.54 Å². The van der Waals surface area contributed by atoms with Gasteiger partial charge in [0, 0.05) is 17.1 Å². The van der Waals surface area contributed by atoms with E-state index >= 15 is 0 Å². The van der Waals surface area contributed by atoms with Crippen LogP contribution in [0.25, 0.3) is 0 Å². The summed E-state index contributed by atoms with van der Waals surface area (Å²) in [6.45, 7) is 3.27. The van der Waals surface area contributed by atoms with Crippen molar-refractivity contribution in [1.29, 1.82) is 0 Å². The first kappa shape index (κ1) is 10.2. The Labute approximate surface area is 94.0 Å². The highest BCUT2D eigenvalue weighted by Gasteiger charge is 2.27. The van der Waals surface area contributed by atoms with Gasteiger partial charge in [-0.3, -0.25) is 0 Å². The molecule has 1 aromatic carbocycles. The molecule has 0 bridgehead atoms. The second-order valence-electron chi connectivity index (χ2n) is 4.14. The second-order valence-corrected chi connectivity index (χ2v) is 5.05. The van der Waals surface area contributed by atoms with Crippen molar-refractivity contribution >= 4 is 15.9 Å². The Balaban J connectivity index is 1.84. The lowest BCUT2D eigenvalue weighted by molar-refractivity contribution is 0.496. The van der Waals surface area contributed by atoms with E-state index in [0.29, 0.717) is 6.04 Å². The molecule has 0 radical (unpaired) electrons. The smallest absolute Gasteiger partial charge is 0.0208 e. The van der Waals surface area contributed by atoms with Gasteiger partial charge in [0.05, 0.1) is 0 Å². The van der Waals surface area contributed by atoms with E-state index in [9.17, 15) is 0 Å². The third kappa shape index (κ3) is 2.82. The molecule has 1 aliphatic carbocycles. The van der Waals surface area contributed by atoms with E-state index in [1.54, 1.807) is 0 Å². The van der Waals surface area contributed by atoms with Gasteiger partial charge in [-0.05, 0) is 43.4 Å². The van der Waals surface area contributed by atoms with Crippen molar-refractivity contribution in [2.45, 2.75) is 32.4 Å². The Morgan fingerprint density at radius 2 is 2.29 bits per heavy atom. The first-order chi connectivity index (χ1) is 6.75. The molecule has 76 valence electrons. The molecule has 0 aromatic heterocycles. The second kappa shape index (κ2) is 4.45. The van der Waals surface area contributed by atoms with Crippen LogP contribution >= 0.6 is 15.9 Å². The van der Waals surface area contributed by atoms with Gasteiger partial charge in [-0.1, -0.05) is 28.1 Å². The maximum absolute atomic E-state index is 3.57. The Kier molecular flexibility index (Phi) is 3.24. The van der Waals surface area contributed by atoms with Crippen LogP contribution in [0.4, 0.5) is 0 Å². The number of nitrogens with one attached hydrogen (secondary N) is 1. The van der Waals surface area contributed by atoms with Gasteiger partial charge >= 0.3 is 0 Å². The molecule has 1 atom stereocenters. The zero-order chi connectivity index (χ0) is 9.97. The molecule has 1 aliphatic rings. The number of halogens is 1. The van der Waals surface area contributed by atoms with Crippen LogP contribution in [0, 0.1) is 5.92 Å². The van der Waals surface area contributed by atoms with E-state index in [1.165, 1.54) is 18.4 Å². The number of hydrogen-bond acceptors (Lipinski definition) is 1. The van der Waals surface area contributed by atoms with Gasteiger partial charge in [0.15, 0.2) is 0 Å². The summed E-state index contributed by atoms with van der Waals surface area (Å²) in [5.41, 5.74) is 1.35. The van der Waals surface area contributed by atoms with E-state index in [4.69, 9.17) is 0 Å². The van der Waals surface area contributed by atoms with Crippen molar-refractivity contribution in [2.75, 3.05) is 0 Å². The molecule has 1 aromatic rings. The topological polar surface area (TPSA) is 12.0 Å². The van der Waals surface area contributed by atoms with E-state index in [-0.39, 0.29) is 0 Å². The molecule has 1 nitrogen and oxygen atoms in total. The monoisotopic (exact) mass is 253 g/mol. The highest BCUT2D eigenvalue weighted by atomic mass is 79.9. The summed E-state index contributed by atoms with van der Waals surface area (Å²) in [4.78, 5) is 0. The molecule has 1 fully saturated rings. The molecule has 1 saturated carbocycles. The number of rotatable bonds is 4. The average Bonchev–Trinajstić information content (AvgIpc) is 2.97. The number of hydrogen-bond donors (Lipinski definition) is 1. The molecule has 1 N–H and O–H groups in total. The Hall–Kier alpha value is -0.340. The Bertz CT molecular complexity index is 307. The van der Waals surface area contributed by atoms with Gasteiger partial charge in [0.1, 0.15) is 0 Å². The van der Waals surface area contributed by atoms with Crippen LogP contribution in [0.1, 0.15) is 25.3 Å². The predicted molar refractivity (Wildman–Crippen MR) is 63.2 cm³/mol. The minimum atomic E-state index is 0.675. The summed E-state index contributed by atoms with van der Waals surface area (Å²) in [5, 5.41) is 3.57. The van der Waals surface area contributed by atoms with Crippen LogP contribution in [0.15, 0.2) is 28.7 Å². The molecule has 1 unspecified atom stereocenters. The lowest BCUT2D eigenvalue weighted by Crippen LogP contribution is -2.27. The van der Waals surface area contributed by atoms with Crippen molar-refractivity contribution in [1.82, 2.24) is 5.32 Å². The molecule has 2 rings (SSSR count). The van der Waals surface area contributed by atoms with Gasteiger partial charge < -0.3 is 5.32 Å². The van der Waals surface area contributed by atoms with Crippen LogP contribution < -0.4 is 5.32 Å². The van der Waals surface area contributed by atoms with Crippen LogP contribution in [0.5, 0.6) is 0 Å². The summed E-state index contributed by atoms with van der Waals surface area (Å²) < 4.78 is 1.16. The Morgan fingerprint density at radius 3 is 2.93 bits per heavy atom. The maximum atomic E-state index is 3.57. The fourth-order valence-corrected chi connectivity index (χ4v) is 2.14. The predicted octanol–water partition coefficient (Wildman–Crippen LogP) is 3.34. The molecular weight excluding hydrogens is 238 g/mol. The molecule has 0 heterocycles. The first-order valence-electron chi connectivity index (χ1n) is 5.23. The third-order valence-corrected chi connectivity index (χ3v) is 3.34. The van der Waals surface area contributed by atoms with Crippen molar-refractivity contribution in [3.05, 3.63) is 34.3 Å². The van der Waals surface area contributed by atoms with Crippen LogP contribution in [-0.4, -0.2) is 6.04 Å². The van der Waals surface area contributed by atoms with Crippen molar-refractivity contribution in [2.24, 2.45) is 5.92 Å². The first-order valence-corrected chi connectivity index (χ1v) is 6.03. The third-order valence-electron chi connectivity index (χ3n) is 2.85. The molecule has 2 heteroatoms. The molecule has 0 spiro atoms. The highest BCUT2D eigenvalue weighted by Crippen LogP contribution is 2.32. The highest BCUT2D eigenvalue weighted by molar-refractivity contribution is 9.10. The fraction of sp³-hybridized carbons (Fsp3) is 0.500. The van der Waals surface area contributed by atoms with Gasteiger partial charge in [0.2, 0.25) is 0 Å². The quantitative estimate of drug-likeness (QED) is 0.868. The SMILES string of the molecule is CC(NCc1cccc(Br)c1)C1CC1. The lowest BCUT2D eigenvalue weighted by Gasteiger charge is -2.12. The van der Waals surface area contributed by atoms with Gasteiger partial charge in [-0.25, -0.2) is 0 Å². The molecule has 0 aliphatic heterocycles. The zero-order valence-corrected chi connectivity index (χ0v) is 10.0. The zero-order valence-electron chi connectivity index (χ0n) is 8.46. The van der Waals surface area contributed by atoms with E-state index in [0.717, 1.165) is 16.9 Å². The molecule has 14 heavy (non-hydrogen) atoms. The van der Waals surface area contributed by atoms with Crippen molar-refractivity contribution in [3.63, 3.8) is 0 Å². The molecule has 0 saturated heterocycles. The van der Waals surface area contributed by atoms with E-state index in [1.807, 2.05) is 0 Å². The van der Waals surface area contributed by atoms with Gasteiger partial charge in [0.25, 0.3) is 0 Å². The summed E-state index contributed by atoms with van der Waals surface area (Å²) in [5.74, 6) is 0.933. The number of benzene rings is 1. The van der Waals surface area contributed by atoms with Crippen LogP contribution in [0.3, 0.4) is 0 Å². The largest absolute Gasteiger partial charge is 0.310 e. The fourth-order valence-electron chi connectivity index (χ4n) is 1.69. The summed E-state index contributed by atoms with van der Waals surface area (Å²) in [7, 11) is 0. The Morgan fingerprint density at radius 1 is 1.50 bits per heavy atom. The molecular formula is C12H16BrN. The molecule has 0 amide bonds.